The molecule has 29 heavy (non-hydrogen) atoms. The van der Waals surface area contributed by atoms with E-state index < -0.39 is 0 Å². The van der Waals surface area contributed by atoms with Crippen molar-refractivity contribution < 1.29 is 24.6 Å². The van der Waals surface area contributed by atoms with Gasteiger partial charge in [0, 0.05) is 19.7 Å². The molecule has 0 aromatic heterocycles. The molecule has 0 saturated carbocycles. The van der Waals surface area contributed by atoms with Crippen molar-refractivity contribution in [3.63, 3.8) is 0 Å². The van der Waals surface area contributed by atoms with Crippen molar-refractivity contribution in [2.24, 2.45) is 11.8 Å². The van der Waals surface area contributed by atoms with Crippen molar-refractivity contribution in [3.8, 4) is 5.75 Å². The third-order valence-corrected chi connectivity index (χ3v) is 5.45. The topological polar surface area (TPSA) is 90.3 Å². The second-order valence-corrected chi connectivity index (χ2v) is 7.73. The number of rotatable bonds is 14. The fourth-order valence-corrected chi connectivity index (χ4v) is 3.80. The minimum absolute atomic E-state index is 0.00351. The Bertz CT molecular complexity index is 622. The number of aliphatic hydroxyl groups excluding tert-OH is 1. The summed E-state index contributed by atoms with van der Waals surface area (Å²) in [4.78, 5) is 25.5. The van der Waals surface area contributed by atoms with Crippen LogP contribution in [0.15, 0.2) is 24.3 Å². The molecule has 1 fully saturated rings. The van der Waals surface area contributed by atoms with Crippen molar-refractivity contribution in [1.29, 1.82) is 0 Å². The number of aliphatic hydroxyl groups is 1. The maximum atomic E-state index is 12.9. The van der Waals surface area contributed by atoms with Gasteiger partial charge < -0.3 is 14.7 Å². The smallest absolute Gasteiger partial charge is 0.233 e. The van der Waals surface area contributed by atoms with E-state index in [-0.39, 0.29) is 30.9 Å². The molecule has 2 rings (SSSR count). The number of hydroxylamine groups is 2. The molecule has 1 heterocycles. The lowest BCUT2D eigenvalue weighted by atomic mass is 9.90. The van der Waals surface area contributed by atoms with E-state index in [0.29, 0.717) is 31.2 Å². The number of ether oxygens (including phenoxy) is 1. The fourth-order valence-electron chi connectivity index (χ4n) is 3.80. The molecule has 7 heteroatoms. The number of hydrogen-bond acceptors (Lipinski definition) is 5. The Labute approximate surface area is 173 Å². The predicted octanol–water partition coefficient (Wildman–Crippen LogP) is 2.84. The highest BCUT2D eigenvalue weighted by Crippen LogP contribution is 2.31. The van der Waals surface area contributed by atoms with Gasteiger partial charge in [-0.05, 0) is 49.3 Å². The standard InChI is InChI=1S/C22H34N2O5/c1-2-3-7-19-15-23(22(27)21(19)16-24(28)17-26)14-18-8-10-20(11-9-18)29-13-6-4-5-12-25/h8-11,17,19,21,25,28H,2-7,12-16H2,1H3. The third kappa shape index (κ3) is 7.33. The number of carbonyl (C=O) groups is 2. The summed E-state index contributed by atoms with van der Waals surface area (Å²) in [6.45, 7) is 4.18. The van der Waals surface area contributed by atoms with Crippen LogP contribution in [0.5, 0.6) is 5.75 Å². The summed E-state index contributed by atoms with van der Waals surface area (Å²) in [6.07, 6.45) is 6.01. The quantitative estimate of drug-likeness (QED) is 0.215. The summed E-state index contributed by atoms with van der Waals surface area (Å²) in [5.74, 6) is 0.596. The van der Waals surface area contributed by atoms with Crippen LogP contribution in [0.2, 0.25) is 0 Å². The number of unbranched alkanes of at least 4 members (excludes halogenated alkanes) is 3. The third-order valence-electron chi connectivity index (χ3n) is 5.45. The van der Waals surface area contributed by atoms with Gasteiger partial charge in [0.1, 0.15) is 5.75 Å². The number of hydrogen-bond donors (Lipinski definition) is 2. The van der Waals surface area contributed by atoms with Crippen LogP contribution in [0.4, 0.5) is 0 Å². The Balaban J connectivity index is 1.90. The molecule has 162 valence electrons. The molecule has 1 aromatic carbocycles. The summed E-state index contributed by atoms with van der Waals surface area (Å²) >= 11 is 0. The summed E-state index contributed by atoms with van der Waals surface area (Å²) < 4.78 is 5.70. The van der Waals surface area contributed by atoms with Crippen LogP contribution in [0.1, 0.15) is 51.0 Å². The van der Waals surface area contributed by atoms with Gasteiger partial charge in [-0.15, -0.1) is 0 Å². The van der Waals surface area contributed by atoms with Crippen LogP contribution in [0.3, 0.4) is 0 Å². The van der Waals surface area contributed by atoms with Gasteiger partial charge in [-0.1, -0.05) is 31.9 Å². The van der Waals surface area contributed by atoms with Crippen LogP contribution >= 0.6 is 0 Å². The molecule has 1 aliphatic heterocycles. The number of likely N-dealkylation sites (tertiary alicyclic amines) is 1. The first kappa shape index (κ1) is 23.2. The summed E-state index contributed by atoms with van der Waals surface area (Å²) in [5, 5.41) is 18.9. The number of carbonyl (C=O) groups excluding carboxylic acids is 2. The minimum atomic E-state index is -0.349. The van der Waals surface area contributed by atoms with E-state index in [0.717, 1.165) is 49.8 Å². The van der Waals surface area contributed by atoms with E-state index >= 15 is 0 Å². The second kappa shape index (κ2) is 12.4. The molecule has 1 aliphatic rings. The zero-order valence-corrected chi connectivity index (χ0v) is 17.3. The van der Waals surface area contributed by atoms with Crippen molar-refractivity contribution in [2.75, 3.05) is 26.3 Å². The predicted molar refractivity (Wildman–Crippen MR) is 109 cm³/mol. The van der Waals surface area contributed by atoms with Gasteiger partial charge in [0.25, 0.3) is 0 Å². The van der Waals surface area contributed by atoms with Crippen molar-refractivity contribution >= 4 is 12.3 Å². The molecule has 0 bridgehead atoms. The summed E-state index contributed by atoms with van der Waals surface area (Å²) in [5.41, 5.74) is 1.03. The molecule has 2 amide bonds. The Morgan fingerprint density at radius 3 is 2.62 bits per heavy atom. The van der Waals surface area contributed by atoms with Gasteiger partial charge in [-0.3, -0.25) is 14.8 Å². The molecule has 7 nitrogen and oxygen atoms in total. The molecule has 2 N–H and O–H groups in total. The second-order valence-electron chi connectivity index (χ2n) is 7.73. The van der Waals surface area contributed by atoms with Gasteiger partial charge in [0.2, 0.25) is 12.3 Å². The van der Waals surface area contributed by atoms with Crippen LogP contribution in [0, 0.1) is 11.8 Å². The molecule has 0 aliphatic carbocycles. The van der Waals surface area contributed by atoms with E-state index in [2.05, 4.69) is 6.92 Å². The highest BCUT2D eigenvalue weighted by Gasteiger charge is 2.40. The average Bonchev–Trinajstić information content (AvgIpc) is 3.02. The Hall–Kier alpha value is -2.12. The van der Waals surface area contributed by atoms with Gasteiger partial charge >= 0.3 is 0 Å². The Kier molecular flexibility index (Phi) is 9.94. The zero-order valence-electron chi connectivity index (χ0n) is 17.3. The number of nitrogens with zero attached hydrogens (tertiary/aromatic N) is 2. The maximum absolute atomic E-state index is 12.9. The Morgan fingerprint density at radius 2 is 1.97 bits per heavy atom. The molecule has 2 unspecified atom stereocenters. The molecular weight excluding hydrogens is 372 g/mol. The molecule has 0 radical (unpaired) electrons. The first-order chi connectivity index (χ1) is 14.1. The average molecular weight is 407 g/mol. The Morgan fingerprint density at radius 1 is 1.21 bits per heavy atom. The largest absolute Gasteiger partial charge is 0.494 e. The van der Waals surface area contributed by atoms with Crippen molar-refractivity contribution in [1.82, 2.24) is 9.96 Å². The maximum Gasteiger partial charge on any atom is 0.233 e. The van der Waals surface area contributed by atoms with Crippen LogP contribution in [-0.4, -0.2) is 58.9 Å². The van der Waals surface area contributed by atoms with E-state index in [4.69, 9.17) is 9.84 Å². The monoisotopic (exact) mass is 406 g/mol. The van der Waals surface area contributed by atoms with Crippen molar-refractivity contribution in [2.45, 2.75) is 52.0 Å². The lowest BCUT2D eigenvalue weighted by molar-refractivity contribution is -0.155. The van der Waals surface area contributed by atoms with Gasteiger partial charge in [0.05, 0.1) is 19.1 Å². The zero-order chi connectivity index (χ0) is 21.1. The first-order valence-electron chi connectivity index (χ1n) is 10.6. The van der Waals surface area contributed by atoms with Gasteiger partial charge in [-0.25, -0.2) is 5.06 Å². The van der Waals surface area contributed by atoms with Crippen LogP contribution in [0.25, 0.3) is 0 Å². The summed E-state index contributed by atoms with van der Waals surface area (Å²) in [7, 11) is 0. The van der Waals surface area contributed by atoms with Crippen LogP contribution < -0.4 is 4.74 Å². The number of amides is 2. The van der Waals surface area contributed by atoms with Gasteiger partial charge in [0.15, 0.2) is 0 Å². The fraction of sp³-hybridized carbons (Fsp3) is 0.636. The van der Waals surface area contributed by atoms with E-state index in [1.54, 1.807) is 0 Å². The van der Waals surface area contributed by atoms with Gasteiger partial charge in [-0.2, -0.15) is 0 Å². The molecule has 0 spiro atoms. The molecule has 2 atom stereocenters. The van der Waals surface area contributed by atoms with Crippen molar-refractivity contribution in [3.05, 3.63) is 29.8 Å². The van der Waals surface area contributed by atoms with E-state index in [1.165, 1.54) is 0 Å². The lowest BCUT2D eigenvalue weighted by Crippen LogP contribution is -2.33. The molecule has 1 aromatic rings. The van der Waals surface area contributed by atoms with E-state index in [9.17, 15) is 14.8 Å². The first-order valence-corrected chi connectivity index (χ1v) is 10.6. The SMILES string of the molecule is CCCCC1CN(Cc2ccc(OCCCCCO)cc2)C(=O)C1CN(O)C=O. The molecule has 1 saturated heterocycles. The highest BCUT2D eigenvalue weighted by atomic mass is 16.5. The van der Waals surface area contributed by atoms with Crippen LogP contribution in [-0.2, 0) is 16.1 Å². The van der Waals surface area contributed by atoms with E-state index in [1.807, 2.05) is 29.2 Å². The summed E-state index contributed by atoms with van der Waals surface area (Å²) in [6, 6.07) is 7.76. The molecular formula is C22H34N2O5. The minimum Gasteiger partial charge on any atom is -0.494 e. The lowest BCUT2D eigenvalue weighted by Gasteiger charge is -2.19. The highest BCUT2D eigenvalue weighted by molar-refractivity contribution is 5.81. The normalized spacial score (nSPS) is 18.9. The number of benzene rings is 1.